The Bertz CT molecular complexity index is 815. The number of hydrogen-bond acceptors (Lipinski definition) is 6. The van der Waals surface area contributed by atoms with Crippen LogP contribution in [0.2, 0.25) is 0 Å². The lowest BCUT2D eigenvalue weighted by Crippen LogP contribution is -2.37. The SMILES string of the molecule is CCN(CC)S(=O)(=O)c1ccc(OCC(=O)NC2CCCCCC2)c([N+](=O)[O-])c1. The maximum absolute atomic E-state index is 12.6. The molecule has 0 heterocycles. The van der Waals surface area contributed by atoms with Gasteiger partial charge in [-0.1, -0.05) is 39.5 Å². The van der Waals surface area contributed by atoms with Gasteiger partial charge in [0.1, 0.15) is 0 Å². The minimum Gasteiger partial charge on any atom is -0.477 e. The van der Waals surface area contributed by atoms with Gasteiger partial charge in [0.25, 0.3) is 5.91 Å². The molecule has 10 heteroatoms. The summed E-state index contributed by atoms with van der Waals surface area (Å²) < 4.78 is 31.8. The number of ether oxygens (including phenoxy) is 1. The van der Waals surface area contributed by atoms with Crippen LogP contribution in [-0.2, 0) is 14.8 Å². The molecule has 0 aliphatic heterocycles. The Balaban J connectivity index is 2.10. The van der Waals surface area contributed by atoms with Crippen molar-refractivity contribution in [3.05, 3.63) is 28.3 Å². The minimum atomic E-state index is -3.83. The van der Waals surface area contributed by atoms with Gasteiger partial charge < -0.3 is 10.1 Å². The number of nitrogens with one attached hydrogen (secondary N) is 1. The lowest BCUT2D eigenvalue weighted by Gasteiger charge is -2.19. The Morgan fingerprint density at radius 2 is 1.83 bits per heavy atom. The van der Waals surface area contributed by atoms with Gasteiger partial charge in [-0.2, -0.15) is 4.31 Å². The zero-order chi connectivity index (χ0) is 21.4. The number of amides is 1. The highest BCUT2D eigenvalue weighted by Crippen LogP contribution is 2.31. The first-order valence-electron chi connectivity index (χ1n) is 10.00. The van der Waals surface area contributed by atoms with Crippen LogP contribution in [0.1, 0.15) is 52.4 Å². The van der Waals surface area contributed by atoms with Crippen molar-refractivity contribution in [3.8, 4) is 5.75 Å². The minimum absolute atomic E-state index is 0.102. The van der Waals surface area contributed by atoms with Crippen LogP contribution in [0.3, 0.4) is 0 Å². The third kappa shape index (κ3) is 6.14. The number of hydrogen-bond donors (Lipinski definition) is 1. The van der Waals surface area contributed by atoms with Gasteiger partial charge in [-0.3, -0.25) is 14.9 Å². The Kier molecular flexibility index (Phi) is 8.39. The molecule has 1 aliphatic carbocycles. The van der Waals surface area contributed by atoms with E-state index < -0.39 is 20.6 Å². The van der Waals surface area contributed by atoms with Crippen molar-refractivity contribution in [1.82, 2.24) is 9.62 Å². The first kappa shape index (κ1) is 23.1. The van der Waals surface area contributed by atoms with Crippen LogP contribution in [0.25, 0.3) is 0 Å². The van der Waals surface area contributed by atoms with Gasteiger partial charge >= 0.3 is 5.69 Å². The van der Waals surface area contributed by atoms with E-state index in [1.807, 2.05) is 0 Å². The summed E-state index contributed by atoms with van der Waals surface area (Å²) in [5.41, 5.74) is -0.486. The molecule has 2 rings (SSSR count). The van der Waals surface area contributed by atoms with Crippen molar-refractivity contribution in [2.75, 3.05) is 19.7 Å². The maximum atomic E-state index is 12.6. The molecule has 29 heavy (non-hydrogen) atoms. The molecule has 9 nitrogen and oxygen atoms in total. The maximum Gasteiger partial charge on any atom is 0.312 e. The zero-order valence-electron chi connectivity index (χ0n) is 16.9. The Morgan fingerprint density at radius 1 is 1.21 bits per heavy atom. The van der Waals surface area contributed by atoms with Crippen molar-refractivity contribution in [1.29, 1.82) is 0 Å². The molecule has 1 aromatic rings. The molecule has 0 atom stereocenters. The van der Waals surface area contributed by atoms with Crippen LogP contribution < -0.4 is 10.1 Å². The van der Waals surface area contributed by atoms with E-state index in [-0.39, 0.29) is 42.3 Å². The quantitative estimate of drug-likeness (QED) is 0.368. The summed E-state index contributed by atoms with van der Waals surface area (Å²) in [6, 6.07) is 3.57. The fraction of sp³-hybridized carbons (Fsp3) is 0.632. The molecule has 1 saturated carbocycles. The highest BCUT2D eigenvalue weighted by molar-refractivity contribution is 7.89. The summed E-state index contributed by atoms with van der Waals surface area (Å²) in [7, 11) is -3.83. The van der Waals surface area contributed by atoms with E-state index in [2.05, 4.69) is 5.32 Å². The van der Waals surface area contributed by atoms with Gasteiger partial charge in [0.15, 0.2) is 12.4 Å². The van der Waals surface area contributed by atoms with Gasteiger partial charge in [0, 0.05) is 25.2 Å². The standard InChI is InChI=1S/C19H29N3O6S/c1-3-21(4-2)29(26,27)16-11-12-18(17(13-16)22(24)25)28-14-19(23)20-15-9-7-5-6-8-10-15/h11-13,15H,3-10,14H2,1-2H3,(H,20,23). The van der Waals surface area contributed by atoms with Crippen LogP contribution in [0.15, 0.2) is 23.1 Å². The van der Waals surface area contributed by atoms with Crippen molar-refractivity contribution >= 4 is 21.6 Å². The fourth-order valence-electron chi connectivity index (χ4n) is 3.47. The van der Waals surface area contributed by atoms with Crippen LogP contribution in [0, 0.1) is 10.1 Å². The monoisotopic (exact) mass is 427 g/mol. The second-order valence-electron chi connectivity index (χ2n) is 7.02. The molecular formula is C19H29N3O6S. The first-order valence-corrected chi connectivity index (χ1v) is 11.4. The molecular weight excluding hydrogens is 398 g/mol. The molecule has 0 unspecified atom stereocenters. The van der Waals surface area contributed by atoms with Crippen LogP contribution in [0.4, 0.5) is 5.69 Å². The van der Waals surface area contributed by atoms with Gasteiger partial charge in [0.05, 0.1) is 9.82 Å². The summed E-state index contributed by atoms with van der Waals surface area (Å²) in [6.07, 6.45) is 6.31. The zero-order valence-corrected chi connectivity index (χ0v) is 17.7. The molecule has 162 valence electrons. The van der Waals surface area contributed by atoms with E-state index in [1.165, 1.54) is 16.4 Å². The molecule has 1 aliphatic rings. The van der Waals surface area contributed by atoms with Crippen LogP contribution in [0.5, 0.6) is 5.75 Å². The first-order chi connectivity index (χ1) is 13.8. The molecule has 0 saturated heterocycles. The van der Waals surface area contributed by atoms with E-state index in [4.69, 9.17) is 4.74 Å². The van der Waals surface area contributed by atoms with E-state index in [0.29, 0.717) is 0 Å². The van der Waals surface area contributed by atoms with Crippen LogP contribution >= 0.6 is 0 Å². The van der Waals surface area contributed by atoms with Crippen molar-refractivity contribution in [3.63, 3.8) is 0 Å². The van der Waals surface area contributed by atoms with Gasteiger partial charge in [0.2, 0.25) is 10.0 Å². The van der Waals surface area contributed by atoms with Crippen molar-refractivity contribution in [2.45, 2.75) is 63.3 Å². The summed E-state index contributed by atoms with van der Waals surface area (Å²) >= 11 is 0. The molecule has 1 N–H and O–H groups in total. The number of rotatable bonds is 9. The third-order valence-electron chi connectivity index (χ3n) is 5.05. The molecule has 1 aromatic carbocycles. The van der Waals surface area contributed by atoms with E-state index in [1.54, 1.807) is 13.8 Å². The number of benzene rings is 1. The molecule has 0 aromatic heterocycles. The average molecular weight is 428 g/mol. The summed E-state index contributed by atoms with van der Waals surface area (Å²) in [5.74, 6) is -0.476. The smallest absolute Gasteiger partial charge is 0.312 e. The molecule has 0 spiro atoms. The largest absolute Gasteiger partial charge is 0.477 e. The van der Waals surface area contributed by atoms with Gasteiger partial charge in [-0.05, 0) is 25.0 Å². The predicted octanol–water partition coefficient (Wildman–Crippen LogP) is 2.84. The average Bonchev–Trinajstić information content (AvgIpc) is 2.95. The highest BCUT2D eigenvalue weighted by atomic mass is 32.2. The molecule has 1 amide bonds. The number of nitrogens with zero attached hydrogens (tertiary/aromatic N) is 2. The number of carbonyl (C=O) groups is 1. The molecule has 0 radical (unpaired) electrons. The van der Waals surface area contributed by atoms with Gasteiger partial charge in [-0.25, -0.2) is 8.42 Å². The lowest BCUT2D eigenvalue weighted by atomic mass is 10.1. The Morgan fingerprint density at radius 3 is 2.38 bits per heavy atom. The molecule has 1 fully saturated rings. The Hall–Kier alpha value is -2.20. The summed E-state index contributed by atoms with van der Waals surface area (Å²) in [6.45, 7) is 3.54. The van der Waals surface area contributed by atoms with E-state index in [9.17, 15) is 23.3 Å². The normalized spacial score (nSPS) is 15.7. The van der Waals surface area contributed by atoms with Crippen molar-refractivity contribution < 1.29 is 22.9 Å². The predicted molar refractivity (Wildman–Crippen MR) is 108 cm³/mol. The lowest BCUT2D eigenvalue weighted by molar-refractivity contribution is -0.386. The molecule has 0 bridgehead atoms. The number of nitro groups is 1. The van der Waals surface area contributed by atoms with Gasteiger partial charge in [-0.15, -0.1) is 0 Å². The highest BCUT2D eigenvalue weighted by Gasteiger charge is 2.26. The summed E-state index contributed by atoms with van der Waals surface area (Å²) in [4.78, 5) is 22.7. The number of sulfonamides is 1. The second kappa shape index (κ2) is 10.5. The van der Waals surface area contributed by atoms with Crippen LogP contribution in [-0.4, -0.2) is 49.3 Å². The van der Waals surface area contributed by atoms with Crippen molar-refractivity contribution in [2.24, 2.45) is 0 Å². The third-order valence-corrected chi connectivity index (χ3v) is 7.10. The van der Waals surface area contributed by atoms with E-state index in [0.717, 1.165) is 44.6 Å². The van der Waals surface area contributed by atoms with E-state index >= 15 is 0 Å². The fourth-order valence-corrected chi connectivity index (χ4v) is 4.95. The number of nitro benzene ring substituents is 1. The Labute approximate surface area is 171 Å². The second-order valence-corrected chi connectivity index (χ2v) is 8.96. The summed E-state index contributed by atoms with van der Waals surface area (Å²) in [5, 5.41) is 14.3. The topological polar surface area (TPSA) is 119 Å². The number of carbonyl (C=O) groups excluding carboxylic acids is 1.